The Kier molecular flexibility index (Phi) is 4.55. The third kappa shape index (κ3) is 2.56. The molecule has 0 aliphatic heterocycles. The summed E-state index contributed by atoms with van der Waals surface area (Å²) in [7, 11) is 1.04. The van der Waals surface area contributed by atoms with Crippen molar-refractivity contribution in [3.8, 4) is 5.75 Å². The zero-order valence-electron chi connectivity index (χ0n) is 9.67. The van der Waals surface area contributed by atoms with Gasteiger partial charge in [-0.25, -0.2) is 18.0 Å². The summed E-state index contributed by atoms with van der Waals surface area (Å²) in [6.07, 6.45) is -2.26. The van der Waals surface area contributed by atoms with E-state index in [0.29, 0.717) is 6.07 Å². The fourth-order valence-corrected chi connectivity index (χ4v) is 1.33. The van der Waals surface area contributed by atoms with Crippen molar-refractivity contribution in [2.24, 2.45) is 0 Å². The molecule has 0 radical (unpaired) electrons. The molecule has 1 unspecified atom stereocenters. The summed E-state index contributed by atoms with van der Waals surface area (Å²) in [6, 6.07) is 0.478. The standard InChI is InChI=1S/C11H11F3O4/c1-3-18-11(16)10(15)7-8(13)5(12)4-6(17-2)9(7)14/h4,10,15H,3H2,1-2H3. The number of benzene rings is 1. The summed E-state index contributed by atoms with van der Waals surface area (Å²) in [5.74, 6) is -6.34. The van der Waals surface area contributed by atoms with Crippen molar-refractivity contribution >= 4 is 5.97 Å². The molecule has 0 saturated heterocycles. The minimum absolute atomic E-state index is 0.0917. The van der Waals surface area contributed by atoms with Gasteiger partial charge in [0.2, 0.25) is 0 Å². The number of carbonyl (C=O) groups is 1. The molecule has 7 heteroatoms. The SMILES string of the molecule is CCOC(=O)C(O)c1c(F)c(F)cc(OC)c1F. The first-order chi connectivity index (χ1) is 8.43. The smallest absolute Gasteiger partial charge is 0.339 e. The number of methoxy groups -OCH3 is 1. The Morgan fingerprint density at radius 2 is 2.00 bits per heavy atom. The highest BCUT2D eigenvalue weighted by molar-refractivity contribution is 5.76. The van der Waals surface area contributed by atoms with Gasteiger partial charge >= 0.3 is 5.97 Å². The van der Waals surface area contributed by atoms with Gasteiger partial charge in [0.05, 0.1) is 19.3 Å². The highest BCUT2D eigenvalue weighted by atomic mass is 19.2. The Balaban J connectivity index is 3.30. The Labute approximate surface area is 101 Å². The number of rotatable bonds is 4. The molecule has 0 aromatic heterocycles. The monoisotopic (exact) mass is 264 g/mol. The highest BCUT2D eigenvalue weighted by Gasteiger charge is 2.30. The molecule has 0 amide bonds. The van der Waals surface area contributed by atoms with Crippen LogP contribution in [0.1, 0.15) is 18.6 Å². The van der Waals surface area contributed by atoms with E-state index in [9.17, 15) is 23.1 Å². The summed E-state index contributed by atoms with van der Waals surface area (Å²) in [5, 5.41) is 9.45. The van der Waals surface area contributed by atoms with E-state index in [1.54, 1.807) is 0 Å². The first kappa shape index (κ1) is 14.3. The fourth-order valence-electron chi connectivity index (χ4n) is 1.33. The number of aliphatic hydroxyl groups excluding tert-OH is 1. The van der Waals surface area contributed by atoms with E-state index in [0.717, 1.165) is 7.11 Å². The van der Waals surface area contributed by atoms with Crippen molar-refractivity contribution in [1.29, 1.82) is 0 Å². The van der Waals surface area contributed by atoms with E-state index in [2.05, 4.69) is 9.47 Å². The quantitative estimate of drug-likeness (QED) is 0.664. The van der Waals surface area contributed by atoms with E-state index in [-0.39, 0.29) is 6.61 Å². The average Bonchev–Trinajstić information content (AvgIpc) is 2.34. The topological polar surface area (TPSA) is 55.8 Å². The van der Waals surface area contributed by atoms with Crippen LogP contribution in [0.3, 0.4) is 0 Å². The zero-order valence-corrected chi connectivity index (χ0v) is 9.67. The molecule has 4 nitrogen and oxygen atoms in total. The summed E-state index contributed by atoms with van der Waals surface area (Å²) in [6.45, 7) is 1.36. The van der Waals surface area contributed by atoms with Gasteiger partial charge in [-0.3, -0.25) is 0 Å². The maximum absolute atomic E-state index is 13.7. The predicted octanol–water partition coefficient (Wildman–Crippen LogP) is 1.71. The fraction of sp³-hybridized carbons (Fsp3) is 0.364. The van der Waals surface area contributed by atoms with Crippen LogP contribution < -0.4 is 4.74 Å². The van der Waals surface area contributed by atoms with Crippen LogP contribution in [0.5, 0.6) is 5.75 Å². The molecule has 1 N–H and O–H groups in total. The van der Waals surface area contributed by atoms with Gasteiger partial charge in [0.15, 0.2) is 29.3 Å². The predicted molar refractivity (Wildman–Crippen MR) is 54.5 cm³/mol. The Hall–Kier alpha value is -1.76. The molecular formula is C11H11F3O4. The van der Waals surface area contributed by atoms with Gasteiger partial charge in [-0.05, 0) is 6.92 Å². The maximum atomic E-state index is 13.7. The van der Waals surface area contributed by atoms with Gasteiger partial charge in [-0.15, -0.1) is 0 Å². The lowest BCUT2D eigenvalue weighted by Gasteiger charge is -2.14. The summed E-state index contributed by atoms with van der Waals surface area (Å²) >= 11 is 0. The van der Waals surface area contributed by atoms with Crippen LogP contribution in [0.4, 0.5) is 13.2 Å². The number of hydrogen-bond donors (Lipinski definition) is 1. The molecule has 0 bridgehead atoms. The van der Waals surface area contributed by atoms with Gasteiger partial charge in [0.25, 0.3) is 0 Å². The molecule has 0 aliphatic carbocycles. The Morgan fingerprint density at radius 1 is 1.39 bits per heavy atom. The molecule has 18 heavy (non-hydrogen) atoms. The molecule has 0 spiro atoms. The van der Waals surface area contributed by atoms with Crippen molar-refractivity contribution in [1.82, 2.24) is 0 Å². The normalized spacial score (nSPS) is 12.1. The number of hydrogen-bond acceptors (Lipinski definition) is 4. The average molecular weight is 264 g/mol. The van der Waals surface area contributed by atoms with Gasteiger partial charge in [0.1, 0.15) is 0 Å². The number of aliphatic hydroxyl groups is 1. The van der Waals surface area contributed by atoms with Crippen LogP contribution in [0.2, 0.25) is 0 Å². The summed E-state index contributed by atoms with van der Waals surface area (Å²) in [4.78, 5) is 11.2. The van der Waals surface area contributed by atoms with Crippen molar-refractivity contribution < 1.29 is 32.5 Å². The number of ether oxygens (including phenoxy) is 2. The Bertz CT molecular complexity index is 462. The van der Waals surface area contributed by atoms with Crippen molar-refractivity contribution in [3.05, 3.63) is 29.1 Å². The van der Waals surface area contributed by atoms with Crippen LogP contribution in [0.15, 0.2) is 6.07 Å². The molecule has 1 aromatic rings. The second kappa shape index (κ2) is 5.72. The van der Waals surface area contributed by atoms with Crippen LogP contribution in [-0.4, -0.2) is 24.8 Å². The second-order valence-electron chi connectivity index (χ2n) is 3.26. The van der Waals surface area contributed by atoms with Crippen LogP contribution in [-0.2, 0) is 9.53 Å². The molecule has 0 heterocycles. The van der Waals surface area contributed by atoms with E-state index in [1.165, 1.54) is 6.92 Å². The molecular weight excluding hydrogens is 253 g/mol. The molecule has 0 aliphatic rings. The largest absolute Gasteiger partial charge is 0.494 e. The van der Waals surface area contributed by atoms with Gasteiger partial charge in [-0.1, -0.05) is 0 Å². The van der Waals surface area contributed by atoms with Gasteiger partial charge < -0.3 is 14.6 Å². The first-order valence-corrected chi connectivity index (χ1v) is 5.00. The Morgan fingerprint density at radius 3 is 2.50 bits per heavy atom. The second-order valence-corrected chi connectivity index (χ2v) is 3.26. The molecule has 100 valence electrons. The van der Waals surface area contributed by atoms with Crippen LogP contribution in [0, 0.1) is 17.5 Å². The van der Waals surface area contributed by atoms with Crippen molar-refractivity contribution in [2.75, 3.05) is 13.7 Å². The van der Waals surface area contributed by atoms with E-state index < -0.39 is 40.8 Å². The summed E-state index contributed by atoms with van der Waals surface area (Å²) < 4.78 is 49.1. The lowest BCUT2D eigenvalue weighted by atomic mass is 10.1. The zero-order chi connectivity index (χ0) is 13.9. The molecule has 1 rings (SSSR count). The lowest BCUT2D eigenvalue weighted by molar-refractivity contribution is -0.153. The lowest BCUT2D eigenvalue weighted by Crippen LogP contribution is -2.19. The van der Waals surface area contributed by atoms with Crippen LogP contribution in [0.25, 0.3) is 0 Å². The molecule has 0 fully saturated rings. The first-order valence-electron chi connectivity index (χ1n) is 5.00. The van der Waals surface area contributed by atoms with Crippen molar-refractivity contribution in [2.45, 2.75) is 13.0 Å². The highest BCUT2D eigenvalue weighted by Crippen LogP contribution is 2.30. The number of carbonyl (C=O) groups excluding carboxylic acids is 1. The van der Waals surface area contributed by atoms with E-state index >= 15 is 0 Å². The maximum Gasteiger partial charge on any atom is 0.339 e. The van der Waals surface area contributed by atoms with E-state index in [4.69, 9.17) is 0 Å². The third-order valence-electron chi connectivity index (χ3n) is 2.16. The van der Waals surface area contributed by atoms with E-state index in [1.807, 2.05) is 0 Å². The third-order valence-corrected chi connectivity index (χ3v) is 2.16. The van der Waals surface area contributed by atoms with Crippen LogP contribution >= 0.6 is 0 Å². The molecule has 1 atom stereocenters. The van der Waals surface area contributed by atoms with Gasteiger partial charge in [-0.2, -0.15) is 0 Å². The number of esters is 1. The minimum atomic E-state index is -2.26. The minimum Gasteiger partial charge on any atom is -0.494 e. The summed E-state index contributed by atoms with van der Waals surface area (Å²) in [5.41, 5.74) is -1.13. The molecule has 0 saturated carbocycles. The van der Waals surface area contributed by atoms with Crippen molar-refractivity contribution in [3.63, 3.8) is 0 Å². The molecule has 1 aromatic carbocycles. The van der Waals surface area contributed by atoms with Gasteiger partial charge in [0, 0.05) is 6.07 Å². The number of halogens is 3.